The SMILES string of the molecule is Cc1ccc(F)c(NC(=O)Cn2cc(N)cn2)c1F. The Morgan fingerprint density at radius 3 is 2.84 bits per heavy atom. The number of nitrogens with zero attached hydrogens (tertiary/aromatic N) is 2. The van der Waals surface area contributed by atoms with Crippen LogP contribution in [0.25, 0.3) is 0 Å². The third kappa shape index (κ3) is 2.87. The molecule has 5 nitrogen and oxygen atoms in total. The zero-order valence-electron chi connectivity index (χ0n) is 10.2. The molecule has 2 aromatic rings. The summed E-state index contributed by atoms with van der Waals surface area (Å²) in [6.07, 6.45) is 2.82. The standard InChI is InChI=1S/C12H12F2N4O/c1-7-2-3-9(13)12(11(7)14)17-10(19)6-18-5-8(15)4-16-18/h2-5H,6,15H2,1H3,(H,17,19). The summed E-state index contributed by atoms with van der Waals surface area (Å²) in [7, 11) is 0. The van der Waals surface area contributed by atoms with Gasteiger partial charge in [-0.3, -0.25) is 9.48 Å². The summed E-state index contributed by atoms with van der Waals surface area (Å²) >= 11 is 0. The first kappa shape index (κ1) is 13.0. The molecule has 1 heterocycles. The molecule has 0 atom stereocenters. The summed E-state index contributed by atoms with van der Waals surface area (Å²) in [5.41, 5.74) is 5.64. The molecule has 0 bridgehead atoms. The zero-order valence-corrected chi connectivity index (χ0v) is 10.2. The number of nitrogen functional groups attached to an aromatic ring is 1. The summed E-state index contributed by atoms with van der Waals surface area (Å²) in [5.74, 6) is -2.20. The fourth-order valence-corrected chi connectivity index (χ4v) is 1.56. The molecular formula is C12H12F2N4O. The molecule has 0 radical (unpaired) electrons. The largest absolute Gasteiger partial charge is 0.396 e. The van der Waals surface area contributed by atoms with E-state index in [9.17, 15) is 13.6 Å². The first-order valence-corrected chi connectivity index (χ1v) is 5.49. The second-order valence-corrected chi connectivity index (χ2v) is 4.07. The van der Waals surface area contributed by atoms with Gasteiger partial charge in [0.1, 0.15) is 18.0 Å². The molecule has 2 rings (SSSR count). The average molecular weight is 266 g/mol. The summed E-state index contributed by atoms with van der Waals surface area (Å²) in [6, 6.07) is 2.40. The molecule has 0 saturated heterocycles. The molecule has 0 aliphatic rings. The zero-order chi connectivity index (χ0) is 14.0. The molecule has 0 aliphatic carbocycles. The van der Waals surface area contributed by atoms with E-state index >= 15 is 0 Å². The minimum absolute atomic E-state index is 0.177. The lowest BCUT2D eigenvalue weighted by atomic mass is 10.2. The highest BCUT2D eigenvalue weighted by Crippen LogP contribution is 2.21. The highest BCUT2D eigenvalue weighted by Gasteiger charge is 2.14. The maximum absolute atomic E-state index is 13.7. The minimum atomic E-state index is -0.823. The van der Waals surface area contributed by atoms with Gasteiger partial charge in [0.15, 0.2) is 5.82 Å². The van der Waals surface area contributed by atoms with E-state index in [0.29, 0.717) is 5.69 Å². The van der Waals surface area contributed by atoms with Crippen molar-refractivity contribution in [2.24, 2.45) is 0 Å². The van der Waals surface area contributed by atoms with E-state index in [-0.39, 0.29) is 12.1 Å². The Hall–Kier alpha value is -2.44. The topological polar surface area (TPSA) is 72.9 Å². The Balaban J connectivity index is 2.13. The van der Waals surface area contributed by atoms with Crippen molar-refractivity contribution in [3.8, 4) is 0 Å². The number of hydrogen-bond acceptors (Lipinski definition) is 3. The van der Waals surface area contributed by atoms with Crippen LogP contribution in [0.1, 0.15) is 5.56 Å². The molecule has 0 unspecified atom stereocenters. The van der Waals surface area contributed by atoms with Crippen LogP contribution >= 0.6 is 0 Å². The number of benzene rings is 1. The smallest absolute Gasteiger partial charge is 0.246 e. The summed E-state index contributed by atoms with van der Waals surface area (Å²) in [6.45, 7) is 1.31. The number of hydrogen-bond donors (Lipinski definition) is 2. The number of carbonyl (C=O) groups excluding carboxylic acids is 1. The van der Waals surface area contributed by atoms with Crippen LogP contribution in [0.3, 0.4) is 0 Å². The molecule has 1 aromatic carbocycles. The van der Waals surface area contributed by atoms with Crippen molar-refractivity contribution in [2.45, 2.75) is 13.5 Å². The van der Waals surface area contributed by atoms with Crippen molar-refractivity contribution in [1.29, 1.82) is 0 Å². The van der Waals surface area contributed by atoms with Crippen LogP contribution in [0.4, 0.5) is 20.2 Å². The second kappa shape index (κ2) is 5.05. The van der Waals surface area contributed by atoms with Crippen molar-refractivity contribution in [1.82, 2.24) is 9.78 Å². The molecule has 3 N–H and O–H groups in total. The Labute approximate surface area is 108 Å². The summed E-state index contributed by atoms with van der Waals surface area (Å²) in [5, 5.41) is 5.99. The number of halogens is 2. The van der Waals surface area contributed by atoms with E-state index < -0.39 is 23.2 Å². The van der Waals surface area contributed by atoms with Gasteiger partial charge in [-0.25, -0.2) is 8.78 Å². The Bertz CT molecular complexity index is 624. The fraction of sp³-hybridized carbons (Fsp3) is 0.167. The van der Waals surface area contributed by atoms with Crippen LogP contribution in [0.15, 0.2) is 24.5 Å². The number of aryl methyl sites for hydroxylation is 1. The predicted molar refractivity (Wildman–Crippen MR) is 66.4 cm³/mol. The Kier molecular flexibility index (Phi) is 3.46. The first-order chi connectivity index (χ1) is 8.97. The number of aromatic nitrogens is 2. The van der Waals surface area contributed by atoms with Crippen molar-refractivity contribution < 1.29 is 13.6 Å². The highest BCUT2D eigenvalue weighted by molar-refractivity contribution is 5.90. The number of carbonyl (C=O) groups is 1. The second-order valence-electron chi connectivity index (χ2n) is 4.07. The van der Waals surface area contributed by atoms with Gasteiger partial charge in [0.25, 0.3) is 0 Å². The van der Waals surface area contributed by atoms with Crippen molar-refractivity contribution in [2.75, 3.05) is 11.1 Å². The molecule has 0 spiro atoms. The molecule has 7 heteroatoms. The number of rotatable bonds is 3. The van der Waals surface area contributed by atoms with E-state index in [1.54, 1.807) is 0 Å². The van der Waals surface area contributed by atoms with Gasteiger partial charge in [0.05, 0.1) is 11.9 Å². The van der Waals surface area contributed by atoms with Gasteiger partial charge in [0.2, 0.25) is 5.91 Å². The Morgan fingerprint density at radius 1 is 1.47 bits per heavy atom. The van der Waals surface area contributed by atoms with Gasteiger partial charge in [-0.15, -0.1) is 0 Å². The van der Waals surface area contributed by atoms with Crippen LogP contribution in [0, 0.1) is 18.6 Å². The number of nitrogens with one attached hydrogen (secondary N) is 1. The molecule has 0 saturated carbocycles. The molecule has 100 valence electrons. The normalized spacial score (nSPS) is 10.5. The third-order valence-corrected chi connectivity index (χ3v) is 2.51. The number of amides is 1. The quantitative estimate of drug-likeness (QED) is 0.887. The lowest BCUT2D eigenvalue weighted by Crippen LogP contribution is -2.20. The molecule has 19 heavy (non-hydrogen) atoms. The summed E-state index contributed by atoms with van der Waals surface area (Å²) in [4.78, 5) is 11.7. The van der Waals surface area contributed by atoms with E-state index in [0.717, 1.165) is 6.07 Å². The maximum Gasteiger partial charge on any atom is 0.246 e. The van der Waals surface area contributed by atoms with Crippen molar-refractivity contribution >= 4 is 17.3 Å². The first-order valence-electron chi connectivity index (χ1n) is 5.49. The van der Waals surface area contributed by atoms with Crippen molar-refractivity contribution in [3.63, 3.8) is 0 Å². The van der Waals surface area contributed by atoms with Gasteiger partial charge in [-0.2, -0.15) is 5.10 Å². The molecule has 0 aliphatic heterocycles. The number of nitrogens with two attached hydrogens (primary N) is 1. The van der Waals surface area contributed by atoms with Gasteiger partial charge in [-0.05, 0) is 18.6 Å². The monoisotopic (exact) mass is 266 g/mol. The minimum Gasteiger partial charge on any atom is -0.396 e. The summed E-state index contributed by atoms with van der Waals surface area (Å²) < 4.78 is 28.4. The molecule has 0 fully saturated rings. The lowest BCUT2D eigenvalue weighted by molar-refractivity contribution is -0.116. The fourth-order valence-electron chi connectivity index (χ4n) is 1.56. The van der Waals surface area contributed by atoms with Gasteiger partial charge < -0.3 is 11.1 Å². The van der Waals surface area contributed by atoms with Crippen LogP contribution in [-0.4, -0.2) is 15.7 Å². The van der Waals surface area contributed by atoms with Crippen molar-refractivity contribution in [3.05, 3.63) is 41.7 Å². The van der Waals surface area contributed by atoms with E-state index in [2.05, 4.69) is 10.4 Å². The van der Waals surface area contributed by atoms with E-state index in [1.165, 1.54) is 30.1 Å². The van der Waals surface area contributed by atoms with Crippen LogP contribution < -0.4 is 11.1 Å². The van der Waals surface area contributed by atoms with Crippen LogP contribution in [-0.2, 0) is 11.3 Å². The molecular weight excluding hydrogens is 254 g/mol. The van der Waals surface area contributed by atoms with Gasteiger partial charge in [-0.1, -0.05) is 6.07 Å². The highest BCUT2D eigenvalue weighted by atomic mass is 19.1. The van der Waals surface area contributed by atoms with Crippen LogP contribution in [0.5, 0.6) is 0 Å². The lowest BCUT2D eigenvalue weighted by Gasteiger charge is -2.09. The molecule has 1 amide bonds. The molecule has 1 aromatic heterocycles. The van der Waals surface area contributed by atoms with Crippen LogP contribution in [0.2, 0.25) is 0 Å². The van der Waals surface area contributed by atoms with E-state index in [4.69, 9.17) is 5.73 Å². The van der Waals surface area contributed by atoms with E-state index in [1.807, 2.05) is 0 Å². The Morgan fingerprint density at radius 2 is 2.21 bits per heavy atom. The van der Waals surface area contributed by atoms with Gasteiger partial charge >= 0.3 is 0 Å². The predicted octanol–water partition coefficient (Wildman–Crippen LogP) is 1.69. The van der Waals surface area contributed by atoms with Gasteiger partial charge in [0, 0.05) is 6.20 Å². The third-order valence-electron chi connectivity index (χ3n) is 2.51. The maximum atomic E-state index is 13.7. The average Bonchev–Trinajstić information content (AvgIpc) is 2.75. The number of anilines is 2.